The molecule has 0 bridgehead atoms. The second-order valence-corrected chi connectivity index (χ2v) is 7.69. The van der Waals surface area contributed by atoms with Gasteiger partial charge in [0.05, 0.1) is 11.8 Å². The quantitative estimate of drug-likeness (QED) is 0.902. The lowest BCUT2D eigenvalue weighted by atomic mass is 9.98. The van der Waals surface area contributed by atoms with Gasteiger partial charge in [0.15, 0.2) is 0 Å². The summed E-state index contributed by atoms with van der Waals surface area (Å²) in [4.78, 5) is 17.5. The smallest absolute Gasteiger partial charge is 0.272 e. The van der Waals surface area contributed by atoms with E-state index < -0.39 is 0 Å². The fourth-order valence-electron chi connectivity index (χ4n) is 4.26. The van der Waals surface area contributed by atoms with E-state index in [9.17, 15) is 9.90 Å². The fraction of sp³-hybridized carbons (Fsp3) is 0.524. The lowest BCUT2D eigenvalue weighted by Gasteiger charge is -2.41. The largest absolute Gasteiger partial charge is 0.393 e. The molecule has 6 heteroatoms. The maximum Gasteiger partial charge on any atom is 0.272 e. The Kier molecular flexibility index (Phi) is 5.27. The van der Waals surface area contributed by atoms with Crippen LogP contribution in [0.2, 0.25) is 0 Å². The van der Waals surface area contributed by atoms with Crippen LogP contribution in [0.3, 0.4) is 0 Å². The Balaban J connectivity index is 1.39. The van der Waals surface area contributed by atoms with Gasteiger partial charge in [-0.15, -0.1) is 0 Å². The molecule has 0 radical (unpaired) electrons. The Morgan fingerprint density at radius 3 is 2.37 bits per heavy atom. The summed E-state index contributed by atoms with van der Waals surface area (Å²) in [5, 5.41) is 14.2. The minimum Gasteiger partial charge on any atom is -0.393 e. The van der Waals surface area contributed by atoms with Crippen molar-refractivity contribution in [3.8, 4) is 11.3 Å². The molecular weight excluding hydrogens is 340 g/mol. The molecule has 2 aliphatic rings. The highest BCUT2D eigenvalue weighted by Crippen LogP contribution is 2.24. The third-order valence-corrected chi connectivity index (χ3v) is 5.94. The molecule has 1 N–H and O–H groups in total. The number of aryl methyl sites for hydroxylation is 1. The number of rotatable bonds is 3. The molecule has 0 spiro atoms. The van der Waals surface area contributed by atoms with Crippen molar-refractivity contribution in [2.75, 3.05) is 26.2 Å². The summed E-state index contributed by atoms with van der Waals surface area (Å²) in [5.41, 5.74) is 2.51. The SMILES string of the molecule is Cn1nc(-c2ccccc2)cc1C(=O)N1CCC(N2CCC(O)CC2)CC1. The molecule has 6 nitrogen and oxygen atoms in total. The molecule has 2 aromatic rings. The molecule has 4 rings (SSSR count). The van der Waals surface area contributed by atoms with Crippen molar-refractivity contribution in [3.05, 3.63) is 42.1 Å². The van der Waals surface area contributed by atoms with Crippen LogP contribution >= 0.6 is 0 Å². The average Bonchev–Trinajstić information content (AvgIpc) is 3.10. The fourth-order valence-corrected chi connectivity index (χ4v) is 4.26. The van der Waals surface area contributed by atoms with Gasteiger partial charge in [0.2, 0.25) is 0 Å². The van der Waals surface area contributed by atoms with Gasteiger partial charge >= 0.3 is 0 Å². The number of benzene rings is 1. The number of aliphatic hydroxyl groups is 1. The van der Waals surface area contributed by atoms with Crippen LogP contribution in [0.15, 0.2) is 36.4 Å². The number of piperidine rings is 2. The van der Waals surface area contributed by atoms with E-state index in [2.05, 4.69) is 10.00 Å². The van der Waals surface area contributed by atoms with Gasteiger partial charge in [-0.1, -0.05) is 30.3 Å². The van der Waals surface area contributed by atoms with Gasteiger partial charge in [-0.05, 0) is 31.7 Å². The summed E-state index contributed by atoms with van der Waals surface area (Å²) in [6.07, 6.45) is 3.62. The Bertz CT molecular complexity index is 773. The first-order valence-corrected chi connectivity index (χ1v) is 9.92. The Labute approximate surface area is 160 Å². The van der Waals surface area contributed by atoms with Crippen molar-refractivity contribution >= 4 is 5.91 Å². The van der Waals surface area contributed by atoms with Crippen molar-refractivity contribution in [2.45, 2.75) is 37.8 Å². The Morgan fingerprint density at radius 1 is 1.04 bits per heavy atom. The van der Waals surface area contributed by atoms with Crippen LogP contribution in [0.25, 0.3) is 11.3 Å². The van der Waals surface area contributed by atoms with Crippen LogP contribution in [0.1, 0.15) is 36.2 Å². The summed E-state index contributed by atoms with van der Waals surface area (Å²) < 4.78 is 1.70. The lowest BCUT2D eigenvalue weighted by molar-refractivity contribution is 0.0353. The van der Waals surface area contributed by atoms with Crippen molar-refractivity contribution in [1.29, 1.82) is 0 Å². The van der Waals surface area contributed by atoms with Gasteiger partial charge in [-0.2, -0.15) is 5.10 Å². The van der Waals surface area contributed by atoms with Crippen LogP contribution in [-0.4, -0.2) is 68.9 Å². The van der Waals surface area contributed by atoms with E-state index in [4.69, 9.17) is 0 Å². The minimum absolute atomic E-state index is 0.0692. The van der Waals surface area contributed by atoms with Crippen molar-refractivity contribution in [1.82, 2.24) is 19.6 Å². The molecule has 1 amide bonds. The van der Waals surface area contributed by atoms with Gasteiger partial charge in [0, 0.05) is 44.8 Å². The average molecular weight is 368 g/mol. The third kappa shape index (κ3) is 3.92. The van der Waals surface area contributed by atoms with Crippen molar-refractivity contribution < 1.29 is 9.90 Å². The molecule has 2 fully saturated rings. The predicted molar refractivity (Wildman–Crippen MR) is 104 cm³/mol. The topological polar surface area (TPSA) is 61.6 Å². The first-order chi connectivity index (χ1) is 13.1. The minimum atomic E-state index is -0.133. The zero-order chi connectivity index (χ0) is 18.8. The maximum absolute atomic E-state index is 13.0. The number of likely N-dealkylation sites (tertiary alicyclic amines) is 2. The van der Waals surface area contributed by atoms with Crippen LogP contribution in [0.4, 0.5) is 0 Å². The first kappa shape index (κ1) is 18.2. The number of carbonyl (C=O) groups is 1. The zero-order valence-electron chi connectivity index (χ0n) is 15.9. The van der Waals surface area contributed by atoms with Crippen LogP contribution in [0.5, 0.6) is 0 Å². The summed E-state index contributed by atoms with van der Waals surface area (Å²) in [6, 6.07) is 12.4. The van der Waals surface area contributed by atoms with E-state index in [1.165, 1.54) is 0 Å². The summed E-state index contributed by atoms with van der Waals surface area (Å²) in [7, 11) is 1.84. The molecule has 27 heavy (non-hydrogen) atoms. The number of hydrogen-bond acceptors (Lipinski definition) is 4. The molecule has 0 unspecified atom stereocenters. The zero-order valence-corrected chi connectivity index (χ0v) is 15.9. The number of amides is 1. The van der Waals surface area contributed by atoms with E-state index >= 15 is 0 Å². The van der Waals surface area contributed by atoms with Gasteiger partial charge in [0.1, 0.15) is 5.69 Å². The van der Waals surface area contributed by atoms with E-state index in [1.807, 2.05) is 48.3 Å². The van der Waals surface area contributed by atoms with Crippen LogP contribution in [-0.2, 0) is 7.05 Å². The van der Waals surface area contributed by atoms with E-state index in [1.54, 1.807) is 4.68 Å². The maximum atomic E-state index is 13.0. The van der Waals surface area contributed by atoms with E-state index in [-0.39, 0.29) is 12.0 Å². The molecule has 144 valence electrons. The standard InChI is InChI=1S/C21H28N4O2/c1-23-20(15-19(22-23)16-5-3-2-4-6-16)21(27)25-11-7-17(8-12-25)24-13-9-18(26)10-14-24/h2-6,15,17-18,26H,7-14H2,1H3. The van der Waals surface area contributed by atoms with E-state index in [0.717, 1.165) is 63.1 Å². The van der Waals surface area contributed by atoms with Gasteiger partial charge in [-0.3, -0.25) is 9.48 Å². The molecule has 0 saturated carbocycles. The number of aliphatic hydroxyl groups excluding tert-OH is 1. The lowest BCUT2D eigenvalue weighted by Crippen LogP contribution is -2.49. The highest BCUT2D eigenvalue weighted by atomic mass is 16.3. The van der Waals surface area contributed by atoms with Crippen LogP contribution in [0, 0.1) is 0 Å². The molecule has 0 atom stereocenters. The highest BCUT2D eigenvalue weighted by Gasteiger charge is 2.30. The highest BCUT2D eigenvalue weighted by molar-refractivity contribution is 5.93. The predicted octanol–water partition coefficient (Wildman–Crippen LogP) is 2.15. The molecule has 0 aliphatic carbocycles. The number of carbonyl (C=O) groups excluding carboxylic acids is 1. The number of aromatic nitrogens is 2. The molecule has 3 heterocycles. The van der Waals surface area contributed by atoms with Crippen molar-refractivity contribution in [3.63, 3.8) is 0 Å². The number of hydrogen-bond donors (Lipinski definition) is 1. The summed E-state index contributed by atoms with van der Waals surface area (Å²) in [5.74, 6) is 0.0692. The Hall–Kier alpha value is -2.18. The first-order valence-electron chi connectivity index (χ1n) is 9.92. The van der Waals surface area contributed by atoms with Gasteiger partial charge in [0.25, 0.3) is 5.91 Å². The Morgan fingerprint density at radius 2 is 1.70 bits per heavy atom. The third-order valence-electron chi connectivity index (χ3n) is 5.94. The van der Waals surface area contributed by atoms with Gasteiger partial charge < -0.3 is 14.9 Å². The van der Waals surface area contributed by atoms with Gasteiger partial charge in [-0.25, -0.2) is 0 Å². The molecule has 1 aromatic heterocycles. The van der Waals surface area contributed by atoms with Crippen LogP contribution < -0.4 is 0 Å². The second-order valence-electron chi connectivity index (χ2n) is 7.69. The molecule has 2 saturated heterocycles. The monoisotopic (exact) mass is 368 g/mol. The van der Waals surface area contributed by atoms with E-state index in [0.29, 0.717) is 11.7 Å². The molecule has 2 aliphatic heterocycles. The molecule has 1 aromatic carbocycles. The summed E-state index contributed by atoms with van der Waals surface area (Å²) >= 11 is 0. The summed E-state index contributed by atoms with van der Waals surface area (Å²) in [6.45, 7) is 3.52. The van der Waals surface area contributed by atoms with Crippen molar-refractivity contribution in [2.24, 2.45) is 7.05 Å². The number of nitrogens with zero attached hydrogens (tertiary/aromatic N) is 4. The molecular formula is C21H28N4O2. The second kappa shape index (κ2) is 7.82. The normalized spacial score (nSPS) is 20.1.